The molecule has 0 spiro atoms. The standard InChI is InChI=1S/C17H20BrNO/c1-11-8-15(5-4-14(11)10-13(3)19)20-16-6-7-17(18)12(2)9-16/h4-9,13H,10,19H2,1-3H3. The Kier molecular flexibility index (Phi) is 4.84. The minimum absolute atomic E-state index is 0.176. The zero-order valence-corrected chi connectivity index (χ0v) is 13.7. The van der Waals surface area contributed by atoms with Crippen molar-refractivity contribution in [1.29, 1.82) is 0 Å². The first-order chi connectivity index (χ1) is 9.45. The SMILES string of the molecule is Cc1cc(Oc2ccc(CC(C)N)c(C)c2)ccc1Br. The highest BCUT2D eigenvalue weighted by molar-refractivity contribution is 9.10. The van der Waals surface area contributed by atoms with Gasteiger partial charge in [-0.2, -0.15) is 0 Å². The molecule has 2 aromatic carbocycles. The molecule has 2 nitrogen and oxygen atoms in total. The van der Waals surface area contributed by atoms with Gasteiger partial charge in [0.15, 0.2) is 0 Å². The number of ether oxygens (including phenoxy) is 1. The Morgan fingerprint density at radius 3 is 2.20 bits per heavy atom. The fourth-order valence-corrected chi connectivity index (χ4v) is 2.37. The van der Waals surface area contributed by atoms with E-state index >= 15 is 0 Å². The number of rotatable bonds is 4. The van der Waals surface area contributed by atoms with Gasteiger partial charge >= 0.3 is 0 Å². The Bertz CT molecular complexity index is 608. The lowest BCUT2D eigenvalue weighted by molar-refractivity contribution is 0.481. The number of nitrogens with two attached hydrogens (primary N) is 1. The van der Waals surface area contributed by atoms with E-state index in [4.69, 9.17) is 10.5 Å². The predicted molar refractivity (Wildman–Crippen MR) is 87.5 cm³/mol. The van der Waals surface area contributed by atoms with Crippen LogP contribution in [0.2, 0.25) is 0 Å². The second-order valence-corrected chi connectivity index (χ2v) is 6.14. The largest absolute Gasteiger partial charge is 0.457 e. The van der Waals surface area contributed by atoms with Crippen LogP contribution in [-0.4, -0.2) is 6.04 Å². The Morgan fingerprint density at radius 1 is 1.05 bits per heavy atom. The summed E-state index contributed by atoms with van der Waals surface area (Å²) < 4.78 is 6.99. The van der Waals surface area contributed by atoms with Crippen LogP contribution in [0.1, 0.15) is 23.6 Å². The third-order valence-electron chi connectivity index (χ3n) is 3.22. The third kappa shape index (κ3) is 3.84. The molecule has 0 amide bonds. The molecule has 0 saturated carbocycles. The predicted octanol–water partition coefficient (Wildman–Crippen LogP) is 4.75. The van der Waals surface area contributed by atoms with E-state index < -0.39 is 0 Å². The normalized spacial score (nSPS) is 12.2. The summed E-state index contributed by atoms with van der Waals surface area (Å²) in [5.74, 6) is 1.71. The molecule has 0 aliphatic heterocycles. The Labute approximate surface area is 129 Å². The van der Waals surface area contributed by atoms with Gasteiger partial charge in [0.2, 0.25) is 0 Å². The minimum atomic E-state index is 0.176. The zero-order chi connectivity index (χ0) is 14.7. The van der Waals surface area contributed by atoms with Crippen LogP contribution in [0, 0.1) is 13.8 Å². The molecule has 0 bridgehead atoms. The van der Waals surface area contributed by atoms with Crippen molar-refractivity contribution in [3.63, 3.8) is 0 Å². The number of hydrogen-bond acceptors (Lipinski definition) is 2. The average Bonchev–Trinajstić information content (AvgIpc) is 2.37. The Morgan fingerprint density at radius 2 is 1.65 bits per heavy atom. The summed E-state index contributed by atoms with van der Waals surface area (Å²) >= 11 is 3.49. The van der Waals surface area contributed by atoms with Crippen LogP contribution in [0.3, 0.4) is 0 Å². The summed E-state index contributed by atoms with van der Waals surface area (Å²) in [5, 5.41) is 0. The fourth-order valence-electron chi connectivity index (χ4n) is 2.12. The van der Waals surface area contributed by atoms with Crippen molar-refractivity contribution in [2.24, 2.45) is 5.73 Å². The van der Waals surface area contributed by atoms with E-state index in [-0.39, 0.29) is 6.04 Å². The smallest absolute Gasteiger partial charge is 0.127 e. The highest BCUT2D eigenvalue weighted by atomic mass is 79.9. The lowest BCUT2D eigenvalue weighted by Crippen LogP contribution is -2.18. The van der Waals surface area contributed by atoms with Crippen molar-refractivity contribution in [3.05, 3.63) is 57.6 Å². The molecular formula is C17H20BrNO. The molecule has 2 rings (SSSR count). The first-order valence-electron chi connectivity index (χ1n) is 6.75. The summed E-state index contributed by atoms with van der Waals surface area (Å²) in [4.78, 5) is 0. The monoisotopic (exact) mass is 333 g/mol. The summed E-state index contributed by atoms with van der Waals surface area (Å²) in [6.07, 6.45) is 0.892. The third-order valence-corrected chi connectivity index (χ3v) is 4.11. The van der Waals surface area contributed by atoms with Gasteiger partial charge in [-0.15, -0.1) is 0 Å². The average molecular weight is 334 g/mol. The van der Waals surface area contributed by atoms with Crippen molar-refractivity contribution < 1.29 is 4.74 Å². The zero-order valence-electron chi connectivity index (χ0n) is 12.1. The summed E-state index contributed by atoms with van der Waals surface area (Å²) in [6.45, 7) is 6.17. The van der Waals surface area contributed by atoms with Gasteiger partial charge in [0.1, 0.15) is 11.5 Å². The lowest BCUT2D eigenvalue weighted by atomic mass is 10.0. The summed E-state index contributed by atoms with van der Waals surface area (Å²) in [6, 6.07) is 12.3. The van der Waals surface area contributed by atoms with Crippen LogP contribution in [0.4, 0.5) is 0 Å². The van der Waals surface area contributed by atoms with Crippen molar-refractivity contribution in [2.45, 2.75) is 33.2 Å². The fraction of sp³-hybridized carbons (Fsp3) is 0.294. The molecule has 1 atom stereocenters. The lowest BCUT2D eigenvalue weighted by Gasteiger charge is -2.12. The van der Waals surface area contributed by atoms with E-state index in [1.165, 1.54) is 11.1 Å². The minimum Gasteiger partial charge on any atom is -0.457 e. The van der Waals surface area contributed by atoms with Crippen LogP contribution in [0.5, 0.6) is 11.5 Å². The van der Waals surface area contributed by atoms with E-state index in [1.807, 2.05) is 38.1 Å². The molecule has 0 aromatic heterocycles. The van der Waals surface area contributed by atoms with Crippen molar-refractivity contribution in [3.8, 4) is 11.5 Å². The van der Waals surface area contributed by atoms with Gasteiger partial charge in [-0.1, -0.05) is 22.0 Å². The van der Waals surface area contributed by atoms with Gasteiger partial charge < -0.3 is 10.5 Å². The molecule has 106 valence electrons. The molecular weight excluding hydrogens is 314 g/mol. The Hall–Kier alpha value is -1.32. The first-order valence-corrected chi connectivity index (χ1v) is 7.54. The quantitative estimate of drug-likeness (QED) is 0.876. The molecule has 20 heavy (non-hydrogen) atoms. The van der Waals surface area contributed by atoms with Crippen LogP contribution in [0.25, 0.3) is 0 Å². The van der Waals surface area contributed by atoms with Crippen LogP contribution >= 0.6 is 15.9 Å². The number of aryl methyl sites for hydroxylation is 2. The van der Waals surface area contributed by atoms with Crippen molar-refractivity contribution in [2.75, 3.05) is 0 Å². The van der Waals surface area contributed by atoms with Crippen molar-refractivity contribution >= 4 is 15.9 Å². The molecule has 1 unspecified atom stereocenters. The van der Waals surface area contributed by atoms with Gasteiger partial charge in [0.25, 0.3) is 0 Å². The Balaban J connectivity index is 2.17. The molecule has 0 fully saturated rings. The van der Waals surface area contributed by atoms with E-state index in [1.54, 1.807) is 0 Å². The molecule has 0 saturated heterocycles. The maximum atomic E-state index is 5.90. The van der Waals surface area contributed by atoms with E-state index in [2.05, 4.69) is 35.0 Å². The molecule has 3 heteroatoms. The molecule has 0 aliphatic rings. The second kappa shape index (κ2) is 6.42. The molecule has 2 N–H and O–H groups in total. The van der Waals surface area contributed by atoms with Gasteiger partial charge in [0.05, 0.1) is 0 Å². The highest BCUT2D eigenvalue weighted by Gasteiger charge is 2.05. The van der Waals surface area contributed by atoms with Gasteiger partial charge in [-0.3, -0.25) is 0 Å². The maximum Gasteiger partial charge on any atom is 0.127 e. The maximum absolute atomic E-state index is 5.90. The molecule has 2 aromatic rings. The van der Waals surface area contributed by atoms with E-state index in [0.29, 0.717) is 0 Å². The van der Waals surface area contributed by atoms with Gasteiger partial charge in [-0.05, 0) is 74.2 Å². The van der Waals surface area contributed by atoms with Gasteiger partial charge in [0, 0.05) is 10.5 Å². The second-order valence-electron chi connectivity index (χ2n) is 5.28. The highest BCUT2D eigenvalue weighted by Crippen LogP contribution is 2.27. The number of benzene rings is 2. The summed E-state index contributed by atoms with van der Waals surface area (Å²) in [5.41, 5.74) is 9.50. The molecule has 0 aliphatic carbocycles. The number of halogens is 1. The first kappa shape index (κ1) is 15.1. The summed E-state index contributed by atoms with van der Waals surface area (Å²) in [7, 11) is 0. The van der Waals surface area contributed by atoms with E-state index in [9.17, 15) is 0 Å². The van der Waals surface area contributed by atoms with Crippen molar-refractivity contribution in [1.82, 2.24) is 0 Å². The van der Waals surface area contributed by atoms with Crippen LogP contribution in [0.15, 0.2) is 40.9 Å². The molecule has 0 heterocycles. The van der Waals surface area contributed by atoms with Crippen LogP contribution < -0.4 is 10.5 Å². The van der Waals surface area contributed by atoms with Gasteiger partial charge in [-0.25, -0.2) is 0 Å². The van der Waals surface area contributed by atoms with E-state index in [0.717, 1.165) is 28.0 Å². The van der Waals surface area contributed by atoms with Crippen LogP contribution in [-0.2, 0) is 6.42 Å². The topological polar surface area (TPSA) is 35.2 Å². The number of hydrogen-bond donors (Lipinski definition) is 1. The molecule has 0 radical (unpaired) electrons.